The molecule has 3 amide bonds. The van der Waals surface area contributed by atoms with E-state index in [0.29, 0.717) is 22.8 Å². The van der Waals surface area contributed by atoms with E-state index in [1.807, 2.05) is 0 Å². The van der Waals surface area contributed by atoms with Crippen molar-refractivity contribution in [2.45, 2.75) is 13.3 Å². The van der Waals surface area contributed by atoms with Crippen LogP contribution < -0.4 is 20.7 Å². The molecule has 0 saturated carbocycles. The Morgan fingerprint density at radius 2 is 1.40 bits per heavy atom. The van der Waals surface area contributed by atoms with E-state index in [1.165, 1.54) is 14.0 Å². The summed E-state index contributed by atoms with van der Waals surface area (Å²) in [7, 11) is 1.50. The third-order valence-corrected chi connectivity index (χ3v) is 3.19. The second-order valence-corrected chi connectivity index (χ2v) is 5.23. The molecule has 2 aromatic carbocycles. The zero-order chi connectivity index (χ0) is 18.2. The van der Waals surface area contributed by atoms with Gasteiger partial charge >= 0.3 is 0 Å². The quantitative estimate of drug-likeness (QED) is 0.704. The smallest absolute Gasteiger partial charge is 0.233 e. The first-order valence-corrected chi connectivity index (χ1v) is 7.58. The zero-order valence-corrected chi connectivity index (χ0v) is 14.0. The Morgan fingerprint density at radius 3 is 2.00 bits per heavy atom. The molecule has 2 aromatic rings. The van der Waals surface area contributed by atoms with Gasteiger partial charge < -0.3 is 20.7 Å². The molecular formula is C18H19N3O4. The lowest BCUT2D eigenvalue weighted by atomic mass is 10.2. The fraction of sp³-hybridized carbons (Fsp3) is 0.167. The largest absolute Gasteiger partial charge is 0.495 e. The summed E-state index contributed by atoms with van der Waals surface area (Å²) in [6.07, 6.45) is -0.328. The van der Waals surface area contributed by atoms with Crippen LogP contribution in [0.25, 0.3) is 0 Å². The van der Waals surface area contributed by atoms with Crippen molar-refractivity contribution in [3.63, 3.8) is 0 Å². The SMILES string of the molecule is COc1ccccc1NC(=O)CC(=O)Nc1ccc(NC(C)=O)cc1. The van der Waals surface area contributed by atoms with E-state index >= 15 is 0 Å². The van der Waals surface area contributed by atoms with Gasteiger partial charge in [-0.1, -0.05) is 12.1 Å². The van der Waals surface area contributed by atoms with Crippen LogP contribution in [-0.4, -0.2) is 24.8 Å². The van der Waals surface area contributed by atoms with Crippen LogP contribution in [-0.2, 0) is 14.4 Å². The first-order valence-electron chi connectivity index (χ1n) is 7.58. The van der Waals surface area contributed by atoms with Crippen molar-refractivity contribution < 1.29 is 19.1 Å². The summed E-state index contributed by atoms with van der Waals surface area (Å²) >= 11 is 0. The zero-order valence-electron chi connectivity index (χ0n) is 14.0. The van der Waals surface area contributed by atoms with E-state index in [2.05, 4.69) is 16.0 Å². The number of carbonyl (C=O) groups excluding carboxylic acids is 3. The van der Waals surface area contributed by atoms with Crippen LogP contribution in [0.4, 0.5) is 17.1 Å². The molecule has 0 fully saturated rings. The van der Waals surface area contributed by atoms with E-state index in [0.717, 1.165) is 0 Å². The Labute approximate surface area is 145 Å². The van der Waals surface area contributed by atoms with Crippen LogP contribution in [0.3, 0.4) is 0 Å². The summed E-state index contributed by atoms with van der Waals surface area (Å²) in [5.41, 5.74) is 1.66. The molecule has 0 bridgehead atoms. The van der Waals surface area contributed by atoms with Gasteiger partial charge in [-0.25, -0.2) is 0 Å². The molecule has 0 unspecified atom stereocenters. The summed E-state index contributed by atoms with van der Waals surface area (Å²) in [6.45, 7) is 1.41. The number of amides is 3. The minimum Gasteiger partial charge on any atom is -0.495 e. The molecule has 0 radical (unpaired) electrons. The maximum Gasteiger partial charge on any atom is 0.233 e. The van der Waals surface area contributed by atoms with Gasteiger partial charge in [0.15, 0.2) is 0 Å². The van der Waals surface area contributed by atoms with Crippen molar-refractivity contribution in [3.8, 4) is 5.75 Å². The highest BCUT2D eigenvalue weighted by atomic mass is 16.5. The molecule has 7 nitrogen and oxygen atoms in total. The van der Waals surface area contributed by atoms with Crippen molar-refractivity contribution in [2.75, 3.05) is 23.1 Å². The van der Waals surface area contributed by atoms with Crippen LogP contribution >= 0.6 is 0 Å². The average molecular weight is 341 g/mol. The predicted octanol–water partition coefficient (Wildman–Crippen LogP) is 2.62. The fourth-order valence-electron chi connectivity index (χ4n) is 2.13. The lowest BCUT2D eigenvalue weighted by Gasteiger charge is -2.10. The predicted molar refractivity (Wildman–Crippen MR) is 95.6 cm³/mol. The number of carbonyl (C=O) groups is 3. The van der Waals surface area contributed by atoms with Crippen molar-refractivity contribution in [2.24, 2.45) is 0 Å². The van der Waals surface area contributed by atoms with Gasteiger partial charge in [0.25, 0.3) is 0 Å². The normalized spacial score (nSPS) is 9.84. The van der Waals surface area contributed by atoms with E-state index < -0.39 is 11.8 Å². The number of ether oxygens (including phenoxy) is 1. The highest BCUT2D eigenvalue weighted by molar-refractivity contribution is 6.08. The molecule has 0 heterocycles. The van der Waals surface area contributed by atoms with Crippen LogP contribution in [0.5, 0.6) is 5.75 Å². The van der Waals surface area contributed by atoms with Gasteiger partial charge in [-0.05, 0) is 36.4 Å². The van der Waals surface area contributed by atoms with Gasteiger partial charge in [0, 0.05) is 18.3 Å². The Bertz CT molecular complexity index is 772. The Hall–Kier alpha value is -3.35. The van der Waals surface area contributed by atoms with Crippen molar-refractivity contribution in [3.05, 3.63) is 48.5 Å². The molecular weight excluding hydrogens is 322 g/mol. The van der Waals surface area contributed by atoms with Crippen LogP contribution in [0.2, 0.25) is 0 Å². The Balaban J connectivity index is 1.89. The third-order valence-electron chi connectivity index (χ3n) is 3.19. The van der Waals surface area contributed by atoms with Gasteiger partial charge in [0.2, 0.25) is 17.7 Å². The fourth-order valence-corrected chi connectivity index (χ4v) is 2.13. The van der Waals surface area contributed by atoms with E-state index in [-0.39, 0.29) is 12.3 Å². The van der Waals surface area contributed by atoms with Gasteiger partial charge in [0.1, 0.15) is 12.2 Å². The molecule has 0 aliphatic carbocycles. The van der Waals surface area contributed by atoms with Crippen LogP contribution in [0.15, 0.2) is 48.5 Å². The number of methoxy groups -OCH3 is 1. The van der Waals surface area contributed by atoms with Gasteiger partial charge in [-0.2, -0.15) is 0 Å². The molecule has 3 N–H and O–H groups in total. The number of anilines is 3. The molecule has 25 heavy (non-hydrogen) atoms. The third kappa shape index (κ3) is 5.65. The average Bonchev–Trinajstić information content (AvgIpc) is 2.56. The van der Waals surface area contributed by atoms with Crippen molar-refractivity contribution >= 4 is 34.8 Å². The number of benzene rings is 2. The number of para-hydroxylation sites is 2. The molecule has 7 heteroatoms. The summed E-state index contributed by atoms with van der Waals surface area (Å²) < 4.78 is 5.14. The van der Waals surface area contributed by atoms with E-state index in [9.17, 15) is 14.4 Å². The molecule has 0 spiro atoms. The van der Waals surface area contributed by atoms with Crippen molar-refractivity contribution in [1.82, 2.24) is 0 Å². The highest BCUT2D eigenvalue weighted by Crippen LogP contribution is 2.23. The maximum absolute atomic E-state index is 12.0. The molecule has 0 aliphatic rings. The molecule has 0 atom stereocenters. The van der Waals surface area contributed by atoms with Crippen LogP contribution in [0, 0.1) is 0 Å². The number of hydrogen-bond donors (Lipinski definition) is 3. The first-order chi connectivity index (χ1) is 12.0. The summed E-state index contributed by atoms with van der Waals surface area (Å²) in [4.78, 5) is 34.9. The molecule has 130 valence electrons. The minimum atomic E-state index is -0.447. The Kier molecular flexibility index (Phi) is 6.11. The van der Waals surface area contributed by atoms with Gasteiger partial charge in [0.05, 0.1) is 12.8 Å². The summed E-state index contributed by atoms with van der Waals surface area (Å²) in [5.74, 6) is -0.550. The molecule has 2 rings (SSSR count). The van der Waals surface area contributed by atoms with Gasteiger partial charge in [-0.15, -0.1) is 0 Å². The monoisotopic (exact) mass is 341 g/mol. The van der Waals surface area contributed by atoms with E-state index in [4.69, 9.17) is 4.74 Å². The summed E-state index contributed by atoms with van der Waals surface area (Å²) in [5, 5.41) is 7.89. The highest BCUT2D eigenvalue weighted by Gasteiger charge is 2.12. The standard InChI is InChI=1S/C18H19N3O4/c1-12(22)19-13-7-9-14(10-8-13)20-17(23)11-18(24)21-15-5-3-4-6-16(15)25-2/h3-10H,11H2,1-2H3,(H,19,22)(H,20,23)(H,21,24). The maximum atomic E-state index is 12.0. The molecule has 0 aromatic heterocycles. The number of nitrogens with one attached hydrogen (secondary N) is 3. The number of hydrogen-bond acceptors (Lipinski definition) is 4. The lowest BCUT2D eigenvalue weighted by Crippen LogP contribution is -2.21. The Morgan fingerprint density at radius 1 is 0.840 bits per heavy atom. The first kappa shape index (κ1) is 18.0. The molecule has 0 saturated heterocycles. The van der Waals surface area contributed by atoms with Crippen LogP contribution in [0.1, 0.15) is 13.3 Å². The van der Waals surface area contributed by atoms with Crippen molar-refractivity contribution in [1.29, 1.82) is 0 Å². The second kappa shape index (κ2) is 8.49. The second-order valence-electron chi connectivity index (χ2n) is 5.23. The molecule has 0 aliphatic heterocycles. The summed E-state index contributed by atoms with van der Waals surface area (Å²) in [6, 6.07) is 13.5. The topological polar surface area (TPSA) is 96.5 Å². The minimum absolute atomic E-state index is 0.176. The van der Waals surface area contributed by atoms with Gasteiger partial charge in [-0.3, -0.25) is 14.4 Å². The number of rotatable bonds is 6. The van der Waals surface area contributed by atoms with E-state index in [1.54, 1.807) is 48.5 Å². The lowest BCUT2D eigenvalue weighted by molar-refractivity contribution is -0.123.